The molecule has 1 N–H and O–H groups in total. The number of anilines is 1. The normalized spacial score (nSPS) is 10.3. The Kier molecular flexibility index (Phi) is 7.57. The van der Waals surface area contributed by atoms with Crippen LogP contribution in [0.5, 0.6) is 5.75 Å². The van der Waals surface area contributed by atoms with Gasteiger partial charge < -0.3 is 14.8 Å². The van der Waals surface area contributed by atoms with Crippen LogP contribution in [0, 0.1) is 0 Å². The van der Waals surface area contributed by atoms with E-state index in [0.29, 0.717) is 11.4 Å². The zero-order valence-corrected chi connectivity index (χ0v) is 16.1. The van der Waals surface area contributed by atoms with E-state index in [0.717, 1.165) is 11.3 Å². The van der Waals surface area contributed by atoms with E-state index in [1.54, 1.807) is 7.11 Å². The van der Waals surface area contributed by atoms with Gasteiger partial charge in [-0.25, -0.2) is 0 Å². The van der Waals surface area contributed by atoms with Crippen molar-refractivity contribution < 1.29 is 19.1 Å². The zero-order chi connectivity index (χ0) is 19.1. The molecule has 0 heterocycles. The van der Waals surface area contributed by atoms with E-state index in [4.69, 9.17) is 44.3 Å². The van der Waals surface area contributed by atoms with Crippen LogP contribution in [0.2, 0.25) is 15.1 Å². The first-order valence-corrected chi connectivity index (χ1v) is 8.75. The standard InChI is InChI=1S/C18H16Cl3NO4/c1-25-13-5-2-11(3-6-13)4-7-17(24)26-10-16(23)22-18-14(20)8-12(19)9-15(18)21/h2-3,5-6,8-9H,4,7,10H2,1H3,(H,22,23). The Labute approximate surface area is 166 Å². The van der Waals surface area contributed by atoms with E-state index in [2.05, 4.69) is 5.32 Å². The number of rotatable bonds is 7. The molecule has 138 valence electrons. The van der Waals surface area contributed by atoms with Crippen LogP contribution in [-0.2, 0) is 20.7 Å². The molecule has 5 nitrogen and oxygen atoms in total. The van der Waals surface area contributed by atoms with Crippen molar-refractivity contribution in [2.45, 2.75) is 12.8 Å². The van der Waals surface area contributed by atoms with Crippen molar-refractivity contribution in [2.24, 2.45) is 0 Å². The Morgan fingerprint density at radius 3 is 2.23 bits per heavy atom. The lowest BCUT2D eigenvalue weighted by atomic mass is 10.1. The molecule has 0 saturated carbocycles. The molecule has 8 heteroatoms. The average Bonchev–Trinajstić information content (AvgIpc) is 2.61. The summed E-state index contributed by atoms with van der Waals surface area (Å²) in [5, 5.41) is 3.24. The van der Waals surface area contributed by atoms with Gasteiger partial charge in [-0.2, -0.15) is 0 Å². The molecule has 0 aliphatic rings. The molecule has 0 radical (unpaired) electrons. The first-order chi connectivity index (χ1) is 12.4. The van der Waals surface area contributed by atoms with Gasteiger partial charge >= 0.3 is 5.97 Å². The minimum atomic E-state index is -0.547. The van der Waals surface area contributed by atoms with Crippen LogP contribution in [-0.4, -0.2) is 25.6 Å². The van der Waals surface area contributed by atoms with Crippen molar-refractivity contribution in [1.29, 1.82) is 0 Å². The number of nitrogens with one attached hydrogen (secondary N) is 1. The van der Waals surface area contributed by atoms with Crippen LogP contribution in [0.15, 0.2) is 36.4 Å². The molecule has 0 unspecified atom stereocenters. The summed E-state index contributed by atoms with van der Waals surface area (Å²) >= 11 is 17.8. The fraction of sp³-hybridized carbons (Fsp3) is 0.222. The third-order valence-corrected chi connectivity index (χ3v) is 4.23. The second-order valence-corrected chi connectivity index (χ2v) is 6.55. The summed E-state index contributed by atoms with van der Waals surface area (Å²) in [7, 11) is 1.59. The molecule has 0 bridgehead atoms. The van der Waals surface area contributed by atoms with Gasteiger partial charge in [0, 0.05) is 11.4 Å². The average molecular weight is 417 g/mol. The van der Waals surface area contributed by atoms with E-state index < -0.39 is 18.5 Å². The molecule has 2 aromatic rings. The Morgan fingerprint density at radius 2 is 1.65 bits per heavy atom. The van der Waals surface area contributed by atoms with Crippen LogP contribution < -0.4 is 10.1 Å². The van der Waals surface area contributed by atoms with Crippen LogP contribution in [0.3, 0.4) is 0 Å². The topological polar surface area (TPSA) is 64.6 Å². The van der Waals surface area contributed by atoms with E-state index in [9.17, 15) is 9.59 Å². The van der Waals surface area contributed by atoms with Gasteiger partial charge in [-0.05, 0) is 36.2 Å². The first-order valence-electron chi connectivity index (χ1n) is 7.62. The summed E-state index contributed by atoms with van der Waals surface area (Å²) in [4.78, 5) is 23.7. The molecule has 0 aliphatic carbocycles. The number of amides is 1. The Morgan fingerprint density at radius 1 is 1.04 bits per heavy atom. The highest BCUT2D eigenvalue weighted by atomic mass is 35.5. The minimum Gasteiger partial charge on any atom is -0.497 e. The maximum absolute atomic E-state index is 11.9. The van der Waals surface area contributed by atoms with Crippen molar-refractivity contribution in [1.82, 2.24) is 0 Å². The lowest BCUT2D eigenvalue weighted by Crippen LogP contribution is -2.21. The Balaban J connectivity index is 1.78. The summed E-state index contributed by atoms with van der Waals surface area (Å²) < 4.78 is 10.0. The van der Waals surface area contributed by atoms with Gasteiger partial charge in [0.2, 0.25) is 0 Å². The Hall–Kier alpha value is -1.95. The van der Waals surface area contributed by atoms with Gasteiger partial charge in [0.1, 0.15) is 5.75 Å². The quantitative estimate of drug-likeness (QED) is 0.660. The molecule has 2 aromatic carbocycles. The predicted molar refractivity (Wildman–Crippen MR) is 102 cm³/mol. The van der Waals surface area contributed by atoms with Crippen LogP contribution in [0.25, 0.3) is 0 Å². The minimum absolute atomic E-state index is 0.155. The van der Waals surface area contributed by atoms with Gasteiger partial charge in [-0.15, -0.1) is 0 Å². The van der Waals surface area contributed by atoms with Gasteiger partial charge in [-0.3, -0.25) is 9.59 Å². The summed E-state index contributed by atoms with van der Waals surface area (Å²) in [6.45, 7) is -0.434. The number of halogens is 3. The van der Waals surface area contributed by atoms with Gasteiger partial charge in [0.05, 0.1) is 22.8 Å². The summed E-state index contributed by atoms with van der Waals surface area (Å²) in [5.74, 6) is -0.286. The molecule has 0 saturated heterocycles. The van der Waals surface area contributed by atoms with Crippen molar-refractivity contribution in [3.63, 3.8) is 0 Å². The highest BCUT2D eigenvalue weighted by Crippen LogP contribution is 2.33. The van der Waals surface area contributed by atoms with Crippen molar-refractivity contribution in [2.75, 3.05) is 19.0 Å². The van der Waals surface area contributed by atoms with Crippen LogP contribution in [0.4, 0.5) is 5.69 Å². The molecule has 2 rings (SSSR count). The lowest BCUT2D eigenvalue weighted by Gasteiger charge is -2.10. The maximum Gasteiger partial charge on any atom is 0.306 e. The second-order valence-electron chi connectivity index (χ2n) is 5.30. The SMILES string of the molecule is COc1ccc(CCC(=O)OCC(=O)Nc2c(Cl)cc(Cl)cc2Cl)cc1. The number of benzene rings is 2. The molecule has 26 heavy (non-hydrogen) atoms. The van der Waals surface area contributed by atoms with E-state index in [1.807, 2.05) is 24.3 Å². The lowest BCUT2D eigenvalue weighted by molar-refractivity contribution is -0.147. The monoisotopic (exact) mass is 415 g/mol. The smallest absolute Gasteiger partial charge is 0.306 e. The van der Waals surface area contributed by atoms with Crippen LogP contribution in [0.1, 0.15) is 12.0 Å². The number of hydrogen-bond acceptors (Lipinski definition) is 4. The molecule has 0 aromatic heterocycles. The number of hydrogen-bond donors (Lipinski definition) is 1. The number of methoxy groups -OCH3 is 1. The van der Waals surface area contributed by atoms with Gasteiger partial charge in [0.25, 0.3) is 5.91 Å². The molecule has 0 aliphatic heterocycles. The first kappa shape index (κ1) is 20.4. The summed E-state index contributed by atoms with van der Waals surface area (Å²) in [6.07, 6.45) is 0.654. The molecular weight excluding hydrogens is 401 g/mol. The highest BCUT2D eigenvalue weighted by Gasteiger charge is 2.13. The maximum atomic E-state index is 11.9. The molecular formula is C18H16Cl3NO4. The highest BCUT2D eigenvalue weighted by molar-refractivity contribution is 6.42. The van der Waals surface area contributed by atoms with Crippen molar-refractivity contribution in [3.8, 4) is 5.75 Å². The van der Waals surface area contributed by atoms with Crippen LogP contribution >= 0.6 is 34.8 Å². The van der Waals surface area contributed by atoms with E-state index in [-0.39, 0.29) is 22.2 Å². The van der Waals surface area contributed by atoms with Gasteiger partial charge in [0.15, 0.2) is 6.61 Å². The Bertz CT molecular complexity index is 771. The number of carbonyl (C=O) groups excluding carboxylic acids is 2. The molecule has 0 fully saturated rings. The van der Waals surface area contributed by atoms with Crippen molar-refractivity contribution in [3.05, 3.63) is 57.0 Å². The zero-order valence-electron chi connectivity index (χ0n) is 13.9. The number of aryl methyl sites for hydroxylation is 1. The molecule has 0 atom stereocenters. The number of ether oxygens (including phenoxy) is 2. The summed E-state index contributed by atoms with van der Waals surface area (Å²) in [6, 6.07) is 10.3. The predicted octanol–water partition coefficient (Wildman–Crippen LogP) is 4.77. The third kappa shape index (κ3) is 6.09. The number of carbonyl (C=O) groups is 2. The fourth-order valence-corrected chi connectivity index (χ4v) is 3.01. The van der Waals surface area contributed by atoms with Crippen molar-refractivity contribution >= 4 is 52.4 Å². The summed E-state index contributed by atoms with van der Waals surface area (Å²) in [5.41, 5.74) is 1.18. The third-order valence-electron chi connectivity index (χ3n) is 3.41. The molecule has 1 amide bonds. The van der Waals surface area contributed by atoms with E-state index in [1.165, 1.54) is 12.1 Å². The number of esters is 1. The largest absolute Gasteiger partial charge is 0.497 e. The van der Waals surface area contributed by atoms with E-state index >= 15 is 0 Å². The fourth-order valence-electron chi connectivity index (χ4n) is 2.09. The molecule has 0 spiro atoms. The second kappa shape index (κ2) is 9.67. The van der Waals surface area contributed by atoms with Gasteiger partial charge in [-0.1, -0.05) is 46.9 Å².